The Balaban J connectivity index is 1.55. The van der Waals surface area contributed by atoms with Crippen LogP contribution in [0.25, 0.3) is 0 Å². The first-order valence-electron chi connectivity index (χ1n) is 9.32. The van der Waals surface area contributed by atoms with E-state index in [1.807, 2.05) is 6.92 Å². The maximum Gasteiger partial charge on any atom is 0.326 e. The lowest BCUT2D eigenvalue weighted by atomic mass is 9.73. The van der Waals surface area contributed by atoms with Crippen molar-refractivity contribution in [2.24, 2.45) is 11.8 Å². The van der Waals surface area contributed by atoms with Crippen molar-refractivity contribution in [3.63, 3.8) is 0 Å². The van der Waals surface area contributed by atoms with Crippen LogP contribution in [0.15, 0.2) is 0 Å². The van der Waals surface area contributed by atoms with E-state index in [1.165, 1.54) is 19.3 Å². The number of rotatable bonds is 4. The SMILES string of the molecule is C[C@H]1CCCC[C@]12NC(=O)N(CC(=O)OCC1CCCCC1)C2=O. The van der Waals surface area contributed by atoms with E-state index in [0.29, 0.717) is 18.9 Å². The van der Waals surface area contributed by atoms with Crippen molar-refractivity contribution in [1.29, 1.82) is 0 Å². The van der Waals surface area contributed by atoms with Crippen LogP contribution in [0.4, 0.5) is 4.79 Å². The first kappa shape index (κ1) is 17.2. The third kappa shape index (κ3) is 3.28. The van der Waals surface area contributed by atoms with E-state index in [4.69, 9.17) is 4.74 Å². The zero-order chi connectivity index (χ0) is 17.2. The molecular weight excluding hydrogens is 308 g/mol. The second kappa shape index (κ2) is 7.11. The molecule has 134 valence electrons. The van der Waals surface area contributed by atoms with Crippen molar-refractivity contribution in [2.45, 2.75) is 70.3 Å². The Kier molecular flexibility index (Phi) is 5.11. The third-order valence-electron chi connectivity index (χ3n) is 5.99. The summed E-state index contributed by atoms with van der Waals surface area (Å²) in [4.78, 5) is 38.1. The van der Waals surface area contributed by atoms with E-state index in [9.17, 15) is 14.4 Å². The summed E-state index contributed by atoms with van der Waals surface area (Å²) in [5, 5.41) is 2.86. The smallest absolute Gasteiger partial charge is 0.326 e. The van der Waals surface area contributed by atoms with Crippen LogP contribution in [0.2, 0.25) is 0 Å². The molecule has 0 aromatic rings. The van der Waals surface area contributed by atoms with Gasteiger partial charge in [-0.05, 0) is 37.5 Å². The average molecular weight is 336 g/mol. The Labute approximate surface area is 143 Å². The number of hydrogen-bond donors (Lipinski definition) is 1. The highest BCUT2D eigenvalue weighted by Crippen LogP contribution is 2.38. The van der Waals surface area contributed by atoms with Gasteiger partial charge in [0.05, 0.1) is 6.61 Å². The third-order valence-corrected chi connectivity index (χ3v) is 5.99. The van der Waals surface area contributed by atoms with Crippen molar-refractivity contribution in [2.75, 3.05) is 13.2 Å². The van der Waals surface area contributed by atoms with Gasteiger partial charge in [-0.1, -0.05) is 39.0 Å². The van der Waals surface area contributed by atoms with Gasteiger partial charge in [0.25, 0.3) is 5.91 Å². The maximum absolute atomic E-state index is 12.8. The molecule has 2 atom stereocenters. The molecule has 2 saturated carbocycles. The summed E-state index contributed by atoms with van der Waals surface area (Å²) in [6.07, 6.45) is 9.41. The van der Waals surface area contributed by atoms with Gasteiger partial charge in [-0.3, -0.25) is 14.5 Å². The fraction of sp³-hybridized carbons (Fsp3) is 0.833. The molecule has 24 heavy (non-hydrogen) atoms. The number of esters is 1. The molecule has 0 radical (unpaired) electrons. The predicted octanol–water partition coefficient (Wildman–Crippen LogP) is 2.61. The summed E-state index contributed by atoms with van der Waals surface area (Å²) < 4.78 is 5.33. The van der Waals surface area contributed by atoms with Crippen LogP contribution in [-0.4, -0.2) is 41.5 Å². The first-order chi connectivity index (χ1) is 11.5. The van der Waals surface area contributed by atoms with Gasteiger partial charge in [0.15, 0.2) is 0 Å². The summed E-state index contributed by atoms with van der Waals surface area (Å²) in [7, 11) is 0. The average Bonchev–Trinajstić information content (AvgIpc) is 2.82. The molecule has 0 aromatic carbocycles. The van der Waals surface area contributed by atoms with E-state index in [-0.39, 0.29) is 18.4 Å². The van der Waals surface area contributed by atoms with E-state index in [1.54, 1.807) is 0 Å². The molecule has 2 aliphatic carbocycles. The quantitative estimate of drug-likeness (QED) is 0.632. The number of carbonyl (C=O) groups excluding carboxylic acids is 3. The Hall–Kier alpha value is -1.59. The molecule has 1 aliphatic heterocycles. The fourth-order valence-electron chi connectivity index (χ4n) is 4.38. The highest BCUT2D eigenvalue weighted by molar-refractivity contribution is 6.08. The lowest BCUT2D eigenvalue weighted by Crippen LogP contribution is -2.54. The fourth-order valence-corrected chi connectivity index (χ4v) is 4.38. The molecule has 3 fully saturated rings. The summed E-state index contributed by atoms with van der Waals surface area (Å²) >= 11 is 0. The summed E-state index contributed by atoms with van der Waals surface area (Å²) in [6, 6.07) is -0.455. The van der Waals surface area contributed by atoms with Crippen molar-refractivity contribution < 1.29 is 19.1 Å². The summed E-state index contributed by atoms with van der Waals surface area (Å²) in [5.41, 5.74) is -0.807. The number of nitrogens with zero attached hydrogens (tertiary/aromatic N) is 1. The van der Waals surface area contributed by atoms with Gasteiger partial charge < -0.3 is 10.1 Å². The maximum atomic E-state index is 12.8. The molecule has 0 aromatic heterocycles. The van der Waals surface area contributed by atoms with Gasteiger partial charge in [-0.2, -0.15) is 0 Å². The summed E-state index contributed by atoms with van der Waals surface area (Å²) in [5.74, 6) is -0.208. The van der Waals surface area contributed by atoms with Crippen molar-refractivity contribution in [3.05, 3.63) is 0 Å². The number of nitrogens with one attached hydrogen (secondary N) is 1. The van der Waals surface area contributed by atoms with Crippen LogP contribution < -0.4 is 5.32 Å². The van der Waals surface area contributed by atoms with Crippen LogP contribution in [0.1, 0.15) is 64.7 Å². The van der Waals surface area contributed by atoms with Crippen LogP contribution in [-0.2, 0) is 14.3 Å². The van der Waals surface area contributed by atoms with Gasteiger partial charge in [0.1, 0.15) is 12.1 Å². The van der Waals surface area contributed by atoms with E-state index >= 15 is 0 Å². The zero-order valence-corrected chi connectivity index (χ0v) is 14.5. The molecule has 0 bridgehead atoms. The Morgan fingerprint density at radius 3 is 2.58 bits per heavy atom. The van der Waals surface area contributed by atoms with Crippen molar-refractivity contribution in [3.8, 4) is 0 Å². The van der Waals surface area contributed by atoms with E-state index in [2.05, 4.69) is 5.32 Å². The topological polar surface area (TPSA) is 75.7 Å². The largest absolute Gasteiger partial charge is 0.464 e. The summed E-state index contributed by atoms with van der Waals surface area (Å²) in [6.45, 7) is 2.14. The normalized spacial score (nSPS) is 31.4. The van der Waals surface area contributed by atoms with Gasteiger partial charge >= 0.3 is 12.0 Å². The monoisotopic (exact) mass is 336 g/mol. The van der Waals surface area contributed by atoms with E-state index < -0.39 is 17.5 Å². The number of imide groups is 1. The Bertz CT molecular complexity index is 515. The molecule has 3 amide bonds. The van der Waals surface area contributed by atoms with Crippen molar-refractivity contribution in [1.82, 2.24) is 10.2 Å². The van der Waals surface area contributed by atoms with E-state index in [0.717, 1.165) is 37.0 Å². The lowest BCUT2D eigenvalue weighted by molar-refractivity contribution is -0.149. The molecule has 3 rings (SSSR count). The Morgan fingerprint density at radius 2 is 1.88 bits per heavy atom. The van der Waals surface area contributed by atoms with Crippen molar-refractivity contribution >= 4 is 17.9 Å². The molecule has 1 N–H and O–H groups in total. The molecule has 6 heteroatoms. The highest BCUT2D eigenvalue weighted by atomic mass is 16.5. The predicted molar refractivity (Wildman–Crippen MR) is 88.1 cm³/mol. The second-order valence-corrected chi connectivity index (χ2v) is 7.63. The molecule has 1 heterocycles. The van der Waals surface area contributed by atoms with Gasteiger partial charge in [-0.25, -0.2) is 4.79 Å². The van der Waals surface area contributed by atoms with Crippen LogP contribution >= 0.6 is 0 Å². The molecular formula is C18H28N2O4. The van der Waals surface area contributed by atoms with Gasteiger partial charge in [-0.15, -0.1) is 0 Å². The number of urea groups is 1. The van der Waals surface area contributed by atoms with Gasteiger partial charge in [0.2, 0.25) is 0 Å². The molecule has 1 spiro atoms. The Morgan fingerprint density at radius 1 is 1.17 bits per heavy atom. The molecule has 1 saturated heterocycles. The molecule has 6 nitrogen and oxygen atoms in total. The van der Waals surface area contributed by atoms with Crippen LogP contribution in [0.5, 0.6) is 0 Å². The minimum absolute atomic E-state index is 0.103. The van der Waals surface area contributed by atoms with Gasteiger partial charge in [0, 0.05) is 0 Å². The number of ether oxygens (including phenoxy) is 1. The van der Waals surface area contributed by atoms with Crippen LogP contribution in [0, 0.1) is 11.8 Å². The molecule has 0 unspecified atom stereocenters. The molecule has 3 aliphatic rings. The zero-order valence-electron chi connectivity index (χ0n) is 14.5. The number of amides is 3. The minimum atomic E-state index is -0.807. The lowest BCUT2D eigenvalue weighted by Gasteiger charge is -2.36. The number of carbonyl (C=O) groups is 3. The first-order valence-corrected chi connectivity index (χ1v) is 9.32. The van der Waals surface area contributed by atoms with Crippen LogP contribution in [0.3, 0.4) is 0 Å². The highest BCUT2D eigenvalue weighted by Gasteiger charge is 2.55. The second-order valence-electron chi connectivity index (χ2n) is 7.63. The standard InChI is InChI=1S/C18H28N2O4/c1-13-7-5-6-10-18(13)16(22)20(17(23)19-18)11-15(21)24-12-14-8-3-2-4-9-14/h13-14H,2-12H2,1H3,(H,19,23)/t13-,18-/m0/s1. The number of hydrogen-bond acceptors (Lipinski definition) is 4. The minimum Gasteiger partial charge on any atom is -0.464 e.